The molecule has 5 nitrogen and oxygen atoms in total. The lowest BCUT2D eigenvalue weighted by molar-refractivity contribution is -0.152. The maximum Gasteiger partial charge on any atom is 0.326 e. The van der Waals surface area contributed by atoms with E-state index in [0.717, 1.165) is 32.1 Å². The van der Waals surface area contributed by atoms with Crippen LogP contribution in [0.4, 0.5) is 0 Å². The van der Waals surface area contributed by atoms with E-state index in [4.69, 9.17) is 15.2 Å². The average molecular weight is 297 g/mol. The van der Waals surface area contributed by atoms with Gasteiger partial charge in [-0.3, -0.25) is 9.59 Å². The smallest absolute Gasteiger partial charge is 0.326 e. The fourth-order valence-electron chi connectivity index (χ4n) is 3.42. The first-order chi connectivity index (χ1) is 10.1. The summed E-state index contributed by atoms with van der Waals surface area (Å²) in [7, 11) is 0. The van der Waals surface area contributed by atoms with Crippen molar-refractivity contribution >= 4 is 11.9 Å². The van der Waals surface area contributed by atoms with E-state index in [1.54, 1.807) is 0 Å². The van der Waals surface area contributed by atoms with Crippen LogP contribution in [0, 0.1) is 17.8 Å². The number of hydrogen-bond acceptors (Lipinski definition) is 5. The fraction of sp³-hybridized carbons (Fsp3) is 0.875. The summed E-state index contributed by atoms with van der Waals surface area (Å²) in [6, 6.07) is 0. The highest BCUT2D eigenvalue weighted by Gasteiger charge is 2.70. The van der Waals surface area contributed by atoms with Crippen LogP contribution >= 0.6 is 0 Å². The summed E-state index contributed by atoms with van der Waals surface area (Å²) >= 11 is 0. The standard InChI is InChI=1S/C16H27NO4/c1-3-5-9-20-14(18)12-11-7-8-16(17,13(11)12)15(19)21-10-6-4-2/h11-13H,3-10,17H2,1-2H3. The van der Waals surface area contributed by atoms with Crippen molar-refractivity contribution in [2.24, 2.45) is 23.5 Å². The summed E-state index contributed by atoms with van der Waals surface area (Å²) in [4.78, 5) is 24.2. The van der Waals surface area contributed by atoms with Gasteiger partial charge < -0.3 is 15.2 Å². The highest BCUT2D eigenvalue weighted by atomic mass is 16.5. The molecule has 4 atom stereocenters. The Morgan fingerprint density at radius 3 is 2.38 bits per heavy atom. The molecule has 2 saturated carbocycles. The molecule has 2 aliphatic rings. The van der Waals surface area contributed by atoms with Crippen molar-refractivity contribution in [1.82, 2.24) is 0 Å². The van der Waals surface area contributed by atoms with Crippen molar-refractivity contribution in [3.05, 3.63) is 0 Å². The Hall–Kier alpha value is -1.10. The van der Waals surface area contributed by atoms with Crippen LogP contribution in [-0.4, -0.2) is 30.7 Å². The van der Waals surface area contributed by atoms with E-state index in [9.17, 15) is 9.59 Å². The molecule has 0 bridgehead atoms. The Kier molecular flexibility index (Phi) is 5.25. The van der Waals surface area contributed by atoms with Crippen molar-refractivity contribution in [3.63, 3.8) is 0 Å². The monoisotopic (exact) mass is 297 g/mol. The zero-order valence-electron chi connectivity index (χ0n) is 13.1. The predicted molar refractivity (Wildman–Crippen MR) is 78.4 cm³/mol. The number of carbonyl (C=O) groups is 2. The molecular formula is C16H27NO4. The van der Waals surface area contributed by atoms with Crippen molar-refractivity contribution in [2.75, 3.05) is 13.2 Å². The lowest BCUT2D eigenvalue weighted by Gasteiger charge is -2.24. The van der Waals surface area contributed by atoms with Crippen LogP contribution in [-0.2, 0) is 19.1 Å². The molecule has 0 spiro atoms. The van der Waals surface area contributed by atoms with Crippen LogP contribution in [0.5, 0.6) is 0 Å². The lowest BCUT2D eigenvalue weighted by Crippen LogP contribution is -2.50. The summed E-state index contributed by atoms with van der Waals surface area (Å²) in [5, 5.41) is 0. The molecule has 21 heavy (non-hydrogen) atoms. The molecule has 5 heteroatoms. The van der Waals surface area contributed by atoms with Crippen molar-refractivity contribution in [2.45, 2.75) is 57.9 Å². The zero-order valence-corrected chi connectivity index (χ0v) is 13.1. The maximum atomic E-state index is 12.2. The number of carbonyl (C=O) groups excluding carboxylic acids is 2. The minimum atomic E-state index is -0.979. The van der Waals surface area contributed by atoms with E-state index in [-0.39, 0.29) is 29.7 Å². The fourth-order valence-corrected chi connectivity index (χ4v) is 3.42. The van der Waals surface area contributed by atoms with Crippen LogP contribution in [0.3, 0.4) is 0 Å². The Bertz CT molecular complexity index is 398. The molecule has 2 rings (SSSR count). The average Bonchev–Trinajstić information content (AvgIpc) is 3.11. The first kappa shape index (κ1) is 16.3. The largest absolute Gasteiger partial charge is 0.465 e. The Morgan fingerprint density at radius 1 is 1.14 bits per heavy atom. The van der Waals surface area contributed by atoms with Gasteiger partial charge in [0.05, 0.1) is 19.1 Å². The van der Waals surface area contributed by atoms with Gasteiger partial charge in [0.15, 0.2) is 0 Å². The number of esters is 2. The van der Waals surface area contributed by atoms with E-state index in [1.807, 2.05) is 6.92 Å². The van der Waals surface area contributed by atoms with E-state index in [0.29, 0.717) is 19.6 Å². The summed E-state index contributed by atoms with van der Waals surface area (Å²) in [6.07, 6.45) is 5.13. The highest BCUT2D eigenvalue weighted by molar-refractivity contribution is 5.86. The Labute approximate surface area is 126 Å². The van der Waals surface area contributed by atoms with Gasteiger partial charge in [0.25, 0.3) is 0 Å². The van der Waals surface area contributed by atoms with Gasteiger partial charge in [-0.1, -0.05) is 26.7 Å². The molecular weight excluding hydrogens is 270 g/mol. The highest BCUT2D eigenvalue weighted by Crippen LogP contribution is 2.62. The normalized spacial score (nSPS) is 33.4. The van der Waals surface area contributed by atoms with Gasteiger partial charge in [0.2, 0.25) is 0 Å². The molecule has 4 unspecified atom stereocenters. The van der Waals surface area contributed by atoms with Gasteiger partial charge >= 0.3 is 11.9 Å². The van der Waals surface area contributed by atoms with E-state index in [2.05, 4.69) is 6.92 Å². The van der Waals surface area contributed by atoms with Crippen LogP contribution in [0.25, 0.3) is 0 Å². The van der Waals surface area contributed by atoms with Gasteiger partial charge in [-0.2, -0.15) is 0 Å². The van der Waals surface area contributed by atoms with Gasteiger partial charge in [-0.15, -0.1) is 0 Å². The molecule has 0 amide bonds. The summed E-state index contributed by atoms with van der Waals surface area (Å²) in [6.45, 7) is 4.97. The first-order valence-corrected chi connectivity index (χ1v) is 8.19. The first-order valence-electron chi connectivity index (χ1n) is 8.19. The predicted octanol–water partition coefficient (Wildman–Crippen LogP) is 2.03. The van der Waals surface area contributed by atoms with E-state index in [1.165, 1.54) is 0 Å². The van der Waals surface area contributed by atoms with Gasteiger partial charge in [-0.05, 0) is 31.6 Å². The topological polar surface area (TPSA) is 78.6 Å². The van der Waals surface area contributed by atoms with Crippen molar-refractivity contribution in [3.8, 4) is 0 Å². The quantitative estimate of drug-likeness (QED) is 0.548. The van der Waals surface area contributed by atoms with Crippen LogP contribution < -0.4 is 5.73 Å². The van der Waals surface area contributed by atoms with Crippen molar-refractivity contribution in [1.29, 1.82) is 0 Å². The molecule has 120 valence electrons. The minimum Gasteiger partial charge on any atom is -0.465 e. The molecule has 0 aliphatic heterocycles. The number of unbranched alkanes of at least 4 members (excludes halogenated alkanes) is 2. The van der Waals surface area contributed by atoms with Crippen LogP contribution in [0.2, 0.25) is 0 Å². The third kappa shape index (κ3) is 3.23. The molecule has 0 saturated heterocycles. The molecule has 2 N–H and O–H groups in total. The number of hydrogen-bond donors (Lipinski definition) is 1. The molecule has 0 aromatic carbocycles. The van der Waals surface area contributed by atoms with E-state index >= 15 is 0 Å². The second kappa shape index (κ2) is 6.77. The SMILES string of the molecule is CCCCOC(=O)C1C2CCC(N)(C(=O)OCCCC)C21. The third-order valence-corrected chi connectivity index (χ3v) is 4.78. The summed E-state index contributed by atoms with van der Waals surface area (Å²) < 4.78 is 10.5. The molecule has 0 aromatic heterocycles. The second-order valence-electron chi connectivity index (χ2n) is 6.30. The minimum absolute atomic E-state index is 0.0826. The molecule has 2 aliphatic carbocycles. The van der Waals surface area contributed by atoms with Gasteiger partial charge in [0, 0.05) is 5.92 Å². The third-order valence-electron chi connectivity index (χ3n) is 4.78. The molecule has 0 radical (unpaired) electrons. The van der Waals surface area contributed by atoms with E-state index < -0.39 is 5.54 Å². The van der Waals surface area contributed by atoms with Gasteiger partial charge in [-0.25, -0.2) is 0 Å². The number of ether oxygens (including phenoxy) is 2. The number of rotatable bonds is 8. The maximum absolute atomic E-state index is 12.2. The summed E-state index contributed by atoms with van der Waals surface area (Å²) in [5.41, 5.74) is 5.29. The van der Waals surface area contributed by atoms with Crippen LogP contribution in [0.15, 0.2) is 0 Å². The zero-order chi connectivity index (χ0) is 15.5. The van der Waals surface area contributed by atoms with Gasteiger partial charge in [0.1, 0.15) is 5.54 Å². The lowest BCUT2D eigenvalue weighted by atomic mass is 9.91. The molecule has 0 aromatic rings. The molecule has 2 fully saturated rings. The Balaban J connectivity index is 1.86. The number of fused-ring (bicyclic) bond motifs is 1. The second-order valence-corrected chi connectivity index (χ2v) is 6.30. The Morgan fingerprint density at radius 2 is 1.76 bits per heavy atom. The molecule has 0 heterocycles. The van der Waals surface area contributed by atoms with Crippen LogP contribution in [0.1, 0.15) is 52.4 Å². The summed E-state index contributed by atoms with van der Waals surface area (Å²) in [5.74, 6) is -0.593. The van der Waals surface area contributed by atoms with Crippen molar-refractivity contribution < 1.29 is 19.1 Å². The number of nitrogens with two attached hydrogens (primary N) is 1.